The third-order valence-electron chi connectivity index (χ3n) is 4.18. The second-order valence-electron chi connectivity index (χ2n) is 6.08. The fraction of sp³-hybridized carbons (Fsp3) is 0.471. The monoisotopic (exact) mass is 288 g/mol. The minimum absolute atomic E-state index is 0.137. The molecule has 0 spiro atoms. The van der Waals surface area contributed by atoms with Crippen LogP contribution in [0.2, 0.25) is 0 Å². The lowest BCUT2D eigenvalue weighted by atomic mass is 9.91. The number of carbonyl (C=O) groups excluding carboxylic acids is 1. The summed E-state index contributed by atoms with van der Waals surface area (Å²) in [7, 11) is 3.39. The summed E-state index contributed by atoms with van der Waals surface area (Å²) in [5, 5.41) is 3.25. The fourth-order valence-corrected chi connectivity index (χ4v) is 2.91. The zero-order valence-electron chi connectivity index (χ0n) is 12.6. The lowest BCUT2D eigenvalue weighted by molar-refractivity contribution is 0.0827. The molecule has 1 N–H and O–H groups in total. The van der Waals surface area contributed by atoms with Crippen LogP contribution in [-0.2, 0) is 0 Å². The average molecular weight is 288 g/mol. The second kappa shape index (κ2) is 5.60. The van der Waals surface area contributed by atoms with Crippen LogP contribution in [0.5, 0.6) is 0 Å². The van der Waals surface area contributed by atoms with Crippen molar-refractivity contribution >= 4 is 11.5 Å². The molecule has 3 nitrogen and oxygen atoms in total. The maximum absolute atomic E-state index is 14.7. The first-order valence-corrected chi connectivity index (χ1v) is 7.53. The van der Waals surface area contributed by atoms with Gasteiger partial charge >= 0.3 is 0 Å². The number of rotatable bonds is 3. The summed E-state index contributed by atoms with van der Waals surface area (Å²) < 4.78 is 14.7. The van der Waals surface area contributed by atoms with Crippen molar-refractivity contribution < 1.29 is 9.18 Å². The summed E-state index contributed by atoms with van der Waals surface area (Å²) in [6.07, 6.45) is 5.11. The molecule has 0 aromatic heterocycles. The minimum Gasteiger partial charge on any atom is -0.345 e. The summed E-state index contributed by atoms with van der Waals surface area (Å²) in [5.41, 5.74) is 3.30. The van der Waals surface area contributed by atoms with Gasteiger partial charge < -0.3 is 10.2 Å². The van der Waals surface area contributed by atoms with E-state index in [2.05, 4.69) is 11.4 Å². The molecular formula is C17H21FN2O. The van der Waals surface area contributed by atoms with Crippen LogP contribution in [0.15, 0.2) is 18.2 Å². The highest BCUT2D eigenvalue weighted by molar-refractivity contribution is 5.94. The van der Waals surface area contributed by atoms with Crippen LogP contribution in [0.3, 0.4) is 0 Å². The van der Waals surface area contributed by atoms with Crippen molar-refractivity contribution in [2.75, 3.05) is 27.2 Å². The van der Waals surface area contributed by atoms with Gasteiger partial charge in [0.1, 0.15) is 5.82 Å². The molecule has 112 valence electrons. The number of nitrogens with zero attached hydrogens (tertiary/aromatic N) is 1. The van der Waals surface area contributed by atoms with Crippen LogP contribution in [0.1, 0.15) is 46.7 Å². The second-order valence-corrected chi connectivity index (χ2v) is 6.08. The summed E-state index contributed by atoms with van der Waals surface area (Å²) in [6, 6.07) is 3.30. The molecule has 0 unspecified atom stereocenters. The Kier molecular flexibility index (Phi) is 3.81. The molecule has 1 heterocycles. The molecule has 3 rings (SSSR count). The predicted molar refractivity (Wildman–Crippen MR) is 81.9 cm³/mol. The maximum Gasteiger partial charge on any atom is 0.253 e. The van der Waals surface area contributed by atoms with Gasteiger partial charge in [-0.15, -0.1) is 0 Å². The van der Waals surface area contributed by atoms with Crippen molar-refractivity contribution in [2.24, 2.45) is 0 Å². The molecule has 0 saturated heterocycles. The van der Waals surface area contributed by atoms with Crippen molar-refractivity contribution in [3.05, 3.63) is 40.7 Å². The van der Waals surface area contributed by atoms with Crippen LogP contribution in [0.25, 0.3) is 5.57 Å². The summed E-state index contributed by atoms with van der Waals surface area (Å²) in [6.45, 7) is 1.67. The Hall–Kier alpha value is -1.68. The van der Waals surface area contributed by atoms with Gasteiger partial charge in [-0.1, -0.05) is 6.08 Å². The summed E-state index contributed by atoms with van der Waals surface area (Å²) >= 11 is 0. The van der Waals surface area contributed by atoms with Crippen LogP contribution in [0.4, 0.5) is 4.39 Å². The number of amides is 1. The fourth-order valence-electron chi connectivity index (χ4n) is 2.91. The molecule has 4 heteroatoms. The number of benzene rings is 1. The van der Waals surface area contributed by atoms with Gasteiger partial charge in [-0.3, -0.25) is 4.79 Å². The highest BCUT2D eigenvalue weighted by atomic mass is 19.1. The van der Waals surface area contributed by atoms with Crippen molar-refractivity contribution in [3.8, 4) is 0 Å². The van der Waals surface area contributed by atoms with E-state index in [1.165, 1.54) is 11.0 Å². The molecule has 0 atom stereocenters. The van der Waals surface area contributed by atoms with Crippen molar-refractivity contribution in [1.29, 1.82) is 0 Å². The molecule has 1 aliphatic carbocycles. The van der Waals surface area contributed by atoms with Crippen LogP contribution >= 0.6 is 0 Å². The summed E-state index contributed by atoms with van der Waals surface area (Å²) in [5.74, 6) is 0.0274. The van der Waals surface area contributed by atoms with Gasteiger partial charge in [-0.25, -0.2) is 4.39 Å². The van der Waals surface area contributed by atoms with E-state index in [1.54, 1.807) is 14.1 Å². The van der Waals surface area contributed by atoms with Crippen LogP contribution < -0.4 is 5.32 Å². The zero-order chi connectivity index (χ0) is 15.0. The Morgan fingerprint density at radius 3 is 2.67 bits per heavy atom. The van der Waals surface area contributed by atoms with Crippen LogP contribution in [0, 0.1) is 5.82 Å². The topological polar surface area (TPSA) is 32.3 Å². The number of hydrogen-bond acceptors (Lipinski definition) is 2. The standard InChI is InChI=1S/C17H21FN2O/c1-20(2)17(21)13-9-14(11-3-4-11)16(15(18)10-13)12-5-7-19-8-6-12/h5,9-11,19H,3-4,6-8H2,1-2H3. The van der Waals surface area contributed by atoms with Crippen molar-refractivity contribution in [2.45, 2.75) is 25.2 Å². The SMILES string of the molecule is CN(C)C(=O)c1cc(F)c(C2=CCNCC2)c(C2CC2)c1. The van der Waals surface area contributed by atoms with Gasteiger partial charge in [0.15, 0.2) is 0 Å². The first kappa shape index (κ1) is 14.3. The van der Waals surface area contributed by atoms with Gasteiger partial charge in [0.05, 0.1) is 0 Å². The largest absolute Gasteiger partial charge is 0.345 e. The number of nitrogens with one attached hydrogen (secondary N) is 1. The molecule has 0 bridgehead atoms. The molecule has 2 aliphatic rings. The third-order valence-corrected chi connectivity index (χ3v) is 4.18. The first-order chi connectivity index (χ1) is 10.1. The Morgan fingerprint density at radius 1 is 1.33 bits per heavy atom. The number of halogens is 1. The Morgan fingerprint density at radius 2 is 2.10 bits per heavy atom. The van der Waals surface area contributed by atoms with Gasteiger partial charge in [0.2, 0.25) is 0 Å². The molecule has 1 amide bonds. The molecule has 21 heavy (non-hydrogen) atoms. The Bertz CT molecular complexity index is 603. The lowest BCUT2D eigenvalue weighted by Gasteiger charge is -2.20. The number of carbonyl (C=O) groups is 1. The molecule has 1 aromatic rings. The molecule has 1 fully saturated rings. The van der Waals surface area contributed by atoms with E-state index in [9.17, 15) is 9.18 Å². The molecular weight excluding hydrogens is 267 g/mol. The Balaban J connectivity index is 2.07. The summed E-state index contributed by atoms with van der Waals surface area (Å²) in [4.78, 5) is 13.6. The Labute approximate surface area is 124 Å². The molecule has 1 aliphatic heterocycles. The molecule has 0 radical (unpaired) electrons. The molecule has 1 saturated carbocycles. The van der Waals surface area contributed by atoms with Gasteiger partial charge in [0.25, 0.3) is 5.91 Å². The maximum atomic E-state index is 14.7. The van der Waals surface area contributed by atoms with E-state index in [0.29, 0.717) is 11.5 Å². The van der Waals surface area contributed by atoms with Crippen molar-refractivity contribution in [3.63, 3.8) is 0 Å². The highest BCUT2D eigenvalue weighted by Crippen LogP contribution is 2.45. The smallest absolute Gasteiger partial charge is 0.253 e. The highest BCUT2D eigenvalue weighted by Gasteiger charge is 2.30. The normalized spacial score (nSPS) is 18.3. The zero-order valence-corrected chi connectivity index (χ0v) is 12.6. The van der Waals surface area contributed by atoms with Gasteiger partial charge in [-0.05, 0) is 55.0 Å². The lowest BCUT2D eigenvalue weighted by Crippen LogP contribution is -2.23. The van der Waals surface area contributed by atoms with Gasteiger partial charge in [0, 0.05) is 31.8 Å². The minimum atomic E-state index is -0.252. The van der Waals surface area contributed by atoms with E-state index in [1.807, 2.05) is 6.07 Å². The van der Waals surface area contributed by atoms with E-state index >= 15 is 0 Å². The van der Waals surface area contributed by atoms with Crippen molar-refractivity contribution in [1.82, 2.24) is 10.2 Å². The van der Waals surface area contributed by atoms with Gasteiger partial charge in [-0.2, -0.15) is 0 Å². The number of hydrogen-bond donors (Lipinski definition) is 1. The van der Waals surface area contributed by atoms with Crippen LogP contribution in [-0.4, -0.2) is 38.0 Å². The average Bonchev–Trinajstić information content (AvgIpc) is 3.31. The molecule has 1 aromatic carbocycles. The van der Waals surface area contributed by atoms with E-state index < -0.39 is 0 Å². The predicted octanol–water partition coefficient (Wildman–Crippen LogP) is 2.78. The van der Waals surface area contributed by atoms with E-state index in [0.717, 1.165) is 49.1 Å². The van der Waals surface area contributed by atoms with E-state index in [4.69, 9.17) is 0 Å². The first-order valence-electron chi connectivity index (χ1n) is 7.53. The third kappa shape index (κ3) is 2.86. The van der Waals surface area contributed by atoms with E-state index in [-0.39, 0.29) is 11.7 Å². The quantitative estimate of drug-likeness (QED) is 0.927.